The van der Waals surface area contributed by atoms with E-state index in [-0.39, 0.29) is 23.4 Å². The van der Waals surface area contributed by atoms with E-state index in [1.165, 1.54) is 22.7 Å². The van der Waals surface area contributed by atoms with Crippen molar-refractivity contribution in [3.63, 3.8) is 0 Å². The lowest BCUT2D eigenvalue weighted by atomic mass is 10.0. The number of anilines is 2. The monoisotopic (exact) mass is 751 g/mol. The Bertz CT molecular complexity index is 2140. The Labute approximate surface area is 323 Å². The SMILES string of the molecule is Cc1ccc(C(=O)CC2CC2)cc1NC(=O)c1ccc(-c2ccccc2)s1.Cc1ccc(C(=O)CC2CC2)cc1NC(=O)c1ccc(-c2ccccn2)s1. The molecule has 6 aromatic rings. The van der Waals surface area contributed by atoms with Gasteiger partial charge >= 0.3 is 0 Å². The van der Waals surface area contributed by atoms with Crippen LogP contribution >= 0.6 is 22.7 Å². The van der Waals surface area contributed by atoms with Crippen molar-refractivity contribution in [3.05, 3.63) is 147 Å². The third-order valence-corrected chi connectivity index (χ3v) is 11.8. The maximum absolute atomic E-state index is 12.7. The average Bonchev–Trinajstić information content (AvgIpc) is 4.08. The first-order valence-corrected chi connectivity index (χ1v) is 19.9. The summed E-state index contributed by atoms with van der Waals surface area (Å²) < 4.78 is 0. The summed E-state index contributed by atoms with van der Waals surface area (Å²) in [6.45, 7) is 3.87. The Morgan fingerprint density at radius 2 is 1.09 bits per heavy atom. The molecule has 3 heterocycles. The van der Waals surface area contributed by atoms with Crippen LogP contribution in [-0.2, 0) is 0 Å². The van der Waals surface area contributed by atoms with E-state index in [4.69, 9.17) is 0 Å². The maximum atomic E-state index is 12.7. The van der Waals surface area contributed by atoms with Crippen molar-refractivity contribution in [2.75, 3.05) is 10.6 Å². The second-order valence-electron chi connectivity index (χ2n) is 14.0. The third kappa shape index (κ3) is 9.53. The topological polar surface area (TPSA) is 105 Å². The number of hydrogen-bond donors (Lipinski definition) is 2. The summed E-state index contributed by atoms with van der Waals surface area (Å²) in [7, 11) is 0. The molecule has 9 heteroatoms. The summed E-state index contributed by atoms with van der Waals surface area (Å²) in [6, 6.07) is 34.4. The highest BCUT2D eigenvalue weighted by Crippen LogP contribution is 2.35. The molecule has 0 saturated heterocycles. The Hall–Kier alpha value is -5.51. The van der Waals surface area contributed by atoms with Crippen molar-refractivity contribution >= 4 is 57.4 Å². The Morgan fingerprint density at radius 1 is 0.593 bits per heavy atom. The van der Waals surface area contributed by atoms with Crippen molar-refractivity contribution in [3.8, 4) is 21.0 Å². The molecule has 0 aliphatic heterocycles. The molecule has 0 radical (unpaired) electrons. The van der Waals surface area contributed by atoms with Gasteiger partial charge < -0.3 is 10.6 Å². The van der Waals surface area contributed by atoms with E-state index in [9.17, 15) is 19.2 Å². The number of nitrogens with zero attached hydrogens (tertiary/aromatic N) is 1. The van der Waals surface area contributed by atoms with Crippen LogP contribution in [-0.4, -0.2) is 28.4 Å². The second kappa shape index (κ2) is 16.7. The summed E-state index contributed by atoms with van der Waals surface area (Å²) in [5.41, 5.74) is 6.59. The molecule has 2 aliphatic carbocycles. The Balaban J connectivity index is 0.000000167. The van der Waals surface area contributed by atoms with Crippen LogP contribution in [0.1, 0.15) is 89.7 Å². The van der Waals surface area contributed by atoms with Crippen molar-refractivity contribution in [1.82, 2.24) is 4.98 Å². The van der Waals surface area contributed by atoms with Crippen molar-refractivity contribution in [2.24, 2.45) is 11.8 Å². The molecular formula is C45H41N3O4S2. The smallest absolute Gasteiger partial charge is 0.265 e. The molecule has 2 aliphatic rings. The van der Waals surface area contributed by atoms with Crippen molar-refractivity contribution in [2.45, 2.75) is 52.4 Å². The minimum atomic E-state index is -0.169. The number of amides is 2. The van der Waals surface area contributed by atoms with Gasteiger partial charge in [0.25, 0.3) is 11.8 Å². The van der Waals surface area contributed by atoms with Crippen LogP contribution in [0, 0.1) is 25.7 Å². The van der Waals surface area contributed by atoms with E-state index in [2.05, 4.69) is 15.6 Å². The van der Waals surface area contributed by atoms with Crippen LogP contribution in [0.3, 0.4) is 0 Å². The summed E-state index contributed by atoms with van der Waals surface area (Å²) >= 11 is 2.87. The van der Waals surface area contributed by atoms with E-state index in [1.54, 1.807) is 18.3 Å². The zero-order valence-corrected chi connectivity index (χ0v) is 31.9. The van der Waals surface area contributed by atoms with E-state index >= 15 is 0 Å². The molecule has 3 aromatic heterocycles. The molecule has 272 valence electrons. The van der Waals surface area contributed by atoms with Gasteiger partial charge in [-0.1, -0.05) is 60.7 Å². The van der Waals surface area contributed by atoms with E-state index < -0.39 is 0 Å². The van der Waals surface area contributed by atoms with E-state index in [0.717, 1.165) is 57.8 Å². The summed E-state index contributed by atoms with van der Waals surface area (Å²) in [5, 5.41) is 5.93. The third-order valence-electron chi connectivity index (χ3n) is 9.59. The number of rotatable bonds is 12. The lowest BCUT2D eigenvalue weighted by molar-refractivity contribution is 0.0968. The van der Waals surface area contributed by atoms with Gasteiger partial charge in [-0.3, -0.25) is 24.2 Å². The molecule has 2 saturated carbocycles. The van der Waals surface area contributed by atoms with Gasteiger partial charge in [0.2, 0.25) is 0 Å². The first-order chi connectivity index (χ1) is 26.2. The van der Waals surface area contributed by atoms with Crippen LogP contribution in [0.2, 0.25) is 0 Å². The van der Waals surface area contributed by atoms with E-state index in [1.807, 2.05) is 111 Å². The first kappa shape index (κ1) is 36.8. The van der Waals surface area contributed by atoms with Crippen molar-refractivity contribution in [1.29, 1.82) is 0 Å². The number of carbonyl (C=O) groups excluding carboxylic acids is 4. The molecular weight excluding hydrogens is 711 g/mol. The first-order valence-electron chi connectivity index (χ1n) is 18.3. The fourth-order valence-electron chi connectivity index (χ4n) is 5.96. The van der Waals surface area contributed by atoms with Crippen LogP contribution in [0.15, 0.2) is 115 Å². The molecule has 7 nitrogen and oxygen atoms in total. The summed E-state index contributed by atoms with van der Waals surface area (Å²) in [6.07, 6.45) is 7.57. The number of nitrogens with one attached hydrogen (secondary N) is 2. The number of Topliss-reactive ketones (excluding diaryl/α,β-unsaturated/α-hetero) is 2. The van der Waals surface area contributed by atoms with Gasteiger partial charge in [-0.25, -0.2) is 0 Å². The molecule has 8 rings (SSSR count). The van der Waals surface area contributed by atoms with Gasteiger partial charge in [0, 0.05) is 46.4 Å². The lowest BCUT2D eigenvalue weighted by Gasteiger charge is -2.10. The highest BCUT2D eigenvalue weighted by molar-refractivity contribution is 7.17. The fourth-order valence-corrected chi connectivity index (χ4v) is 7.74. The van der Waals surface area contributed by atoms with Crippen molar-refractivity contribution < 1.29 is 19.2 Å². The zero-order valence-electron chi connectivity index (χ0n) is 30.3. The predicted octanol–water partition coefficient (Wildman–Crippen LogP) is 11.3. The highest BCUT2D eigenvalue weighted by Gasteiger charge is 2.26. The number of aromatic nitrogens is 1. The molecule has 3 aromatic carbocycles. The van der Waals surface area contributed by atoms with Gasteiger partial charge in [0.1, 0.15) is 0 Å². The number of pyridine rings is 1. The second-order valence-corrected chi connectivity index (χ2v) is 16.2. The molecule has 0 unspecified atom stereocenters. The molecule has 2 fully saturated rings. The number of aryl methyl sites for hydroxylation is 2. The molecule has 2 amide bonds. The maximum Gasteiger partial charge on any atom is 0.265 e. The standard InChI is InChI=1S/C23H21NO2S.C22H20N2O2S/c1-15-7-10-18(20(25)13-16-8-9-16)14-19(15)24-23(26)22-12-11-21(27-22)17-5-3-2-4-6-17;1-14-5-8-16(19(25)12-15-6-7-15)13-18(14)24-22(26)21-10-9-20(27-21)17-4-2-3-11-23-17/h2-7,10-12,14,16H,8-9,13H2,1H3,(H,24,26);2-5,8-11,13,15H,6-7,12H2,1H3,(H,24,26). The summed E-state index contributed by atoms with van der Waals surface area (Å²) in [4.78, 5) is 57.7. The highest BCUT2D eigenvalue weighted by atomic mass is 32.1. The van der Waals surface area contributed by atoms with Gasteiger partial charge in [-0.2, -0.15) is 0 Å². The Morgan fingerprint density at radius 3 is 1.59 bits per heavy atom. The largest absolute Gasteiger partial charge is 0.321 e. The minimum absolute atomic E-state index is 0.142. The molecule has 0 spiro atoms. The average molecular weight is 752 g/mol. The number of hydrogen-bond acceptors (Lipinski definition) is 7. The lowest BCUT2D eigenvalue weighted by Crippen LogP contribution is -2.12. The van der Waals surface area contributed by atoms with Crippen LogP contribution in [0.4, 0.5) is 11.4 Å². The van der Waals surface area contributed by atoms with Crippen LogP contribution in [0.5, 0.6) is 0 Å². The molecule has 0 atom stereocenters. The predicted molar refractivity (Wildman–Crippen MR) is 219 cm³/mol. The van der Waals surface area contributed by atoms with Crippen LogP contribution < -0.4 is 10.6 Å². The number of ketones is 2. The molecule has 54 heavy (non-hydrogen) atoms. The van der Waals surface area contributed by atoms with Gasteiger partial charge in [0.15, 0.2) is 11.6 Å². The summed E-state index contributed by atoms with van der Waals surface area (Å²) in [5.74, 6) is 1.11. The van der Waals surface area contributed by atoms with E-state index in [0.29, 0.717) is 56.9 Å². The number of thiophene rings is 2. The number of carbonyl (C=O) groups is 4. The minimum Gasteiger partial charge on any atom is -0.321 e. The zero-order chi connectivity index (χ0) is 37.6. The quantitative estimate of drug-likeness (QED) is 0.121. The Kier molecular flexibility index (Phi) is 11.4. The van der Waals surface area contributed by atoms with Crippen LogP contribution in [0.25, 0.3) is 21.0 Å². The fraction of sp³-hybridized carbons (Fsp3) is 0.222. The van der Waals surface area contributed by atoms with Gasteiger partial charge in [-0.15, -0.1) is 22.7 Å². The molecule has 0 bridgehead atoms. The normalized spacial score (nSPS) is 13.4. The number of benzene rings is 3. The van der Waals surface area contributed by atoms with Gasteiger partial charge in [-0.05, 0) is 117 Å². The molecule has 2 N–H and O–H groups in total. The van der Waals surface area contributed by atoms with Gasteiger partial charge in [0.05, 0.1) is 20.3 Å².